The quantitative estimate of drug-likeness (QED) is 0.838. The second-order valence-electron chi connectivity index (χ2n) is 4.91. The number of hydrogen-bond acceptors (Lipinski definition) is 3. The lowest BCUT2D eigenvalue weighted by molar-refractivity contribution is 0.479. The van der Waals surface area contributed by atoms with Crippen LogP contribution < -0.4 is 5.32 Å². The maximum atomic E-state index is 13.8. The maximum absolute atomic E-state index is 13.8. The largest absolute Gasteiger partial charge is 0.310 e. The summed E-state index contributed by atoms with van der Waals surface area (Å²) in [6, 6.07) is 4.89. The van der Waals surface area contributed by atoms with Gasteiger partial charge in [0.15, 0.2) is 0 Å². The Labute approximate surface area is 115 Å². The third-order valence-corrected chi connectivity index (χ3v) is 4.02. The molecule has 1 atom stereocenters. The second-order valence-corrected chi connectivity index (χ2v) is 7.17. The van der Waals surface area contributed by atoms with Crippen molar-refractivity contribution in [1.29, 1.82) is 0 Å². The SMILES string of the molecule is CCNC(CCCS(C)(=O)=O)c1cc(C)ccc1F. The van der Waals surface area contributed by atoms with Gasteiger partial charge in [0.2, 0.25) is 0 Å². The Morgan fingerprint density at radius 3 is 2.63 bits per heavy atom. The van der Waals surface area contributed by atoms with Crippen molar-refractivity contribution in [2.24, 2.45) is 0 Å². The number of hydrogen-bond donors (Lipinski definition) is 1. The number of aryl methyl sites for hydroxylation is 1. The minimum Gasteiger partial charge on any atom is -0.310 e. The molecule has 1 unspecified atom stereocenters. The van der Waals surface area contributed by atoms with Gasteiger partial charge in [0.25, 0.3) is 0 Å². The zero-order valence-corrected chi connectivity index (χ0v) is 12.6. The lowest BCUT2D eigenvalue weighted by Crippen LogP contribution is -2.22. The van der Waals surface area contributed by atoms with Gasteiger partial charge in [-0.15, -0.1) is 0 Å². The molecule has 3 nitrogen and oxygen atoms in total. The summed E-state index contributed by atoms with van der Waals surface area (Å²) in [5.74, 6) is -0.0987. The maximum Gasteiger partial charge on any atom is 0.147 e. The predicted molar refractivity (Wildman–Crippen MR) is 76.5 cm³/mol. The number of benzene rings is 1. The topological polar surface area (TPSA) is 46.2 Å². The lowest BCUT2D eigenvalue weighted by atomic mass is 10.00. The van der Waals surface area contributed by atoms with E-state index in [1.807, 2.05) is 19.9 Å². The smallest absolute Gasteiger partial charge is 0.147 e. The van der Waals surface area contributed by atoms with Gasteiger partial charge in [-0.05, 0) is 32.4 Å². The van der Waals surface area contributed by atoms with Crippen molar-refractivity contribution in [3.63, 3.8) is 0 Å². The van der Waals surface area contributed by atoms with Gasteiger partial charge in [0, 0.05) is 23.6 Å². The first-order valence-electron chi connectivity index (χ1n) is 6.50. The molecule has 0 fully saturated rings. The van der Waals surface area contributed by atoms with Crippen LogP contribution in [0, 0.1) is 12.7 Å². The van der Waals surface area contributed by atoms with Crippen LogP contribution in [0.5, 0.6) is 0 Å². The molecule has 0 aliphatic carbocycles. The molecule has 108 valence electrons. The molecule has 1 aromatic rings. The van der Waals surface area contributed by atoms with E-state index in [-0.39, 0.29) is 17.6 Å². The number of halogens is 1. The first kappa shape index (κ1) is 16.1. The van der Waals surface area contributed by atoms with Crippen molar-refractivity contribution in [2.45, 2.75) is 32.7 Å². The normalized spacial score (nSPS) is 13.5. The van der Waals surface area contributed by atoms with E-state index < -0.39 is 9.84 Å². The highest BCUT2D eigenvalue weighted by atomic mass is 32.2. The van der Waals surface area contributed by atoms with Crippen molar-refractivity contribution >= 4 is 9.84 Å². The molecule has 19 heavy (non-hydrogen) atoms. The fourth-order valence-electron chi connectivity index (χ4n) is 2.09. The van der Waals surface area contributed by atoms with E-state index in [9.17, 15) is 12.8 Å². The molecule has 0 amide bonds. The summed E-state index contributed by atoms with van der Waals surface area (Å²) in [4.78, 5) is 0. The summed E-state index contributed by atoms with van der Waals surface area (Å²) < 4.78 is 36.1. The first-order chi connectivity index (χ1) is 8.83. The molecule has 0 spiro atoms. The fraction of sp³-hybridized carbons (Fsp3) is 0.571. The first-order valence-corrected chi connectivity index (χ1v) is 8.56. The number of rotatable bonds is 7. The molecule has 0 aromatic heterocycles. The molecule has 0 saturated heterocycles. The average molecular weight is 287 g/mol. The summed E-state index contributed by atoms with van der Waals surface area (Å²) in [5.41, 5.74) is 1.62. The highest BCUT2D eigenvalue weighted by Crippen LogP contribution is 2.23. The molecule has 0 bridgehead atoms. The van der Waals surface area contributed by atoms with Crippen LogP contribution in [-0.4, -0.2) is 27.0 Å². The molecule has 5 heteroatoms. The molecular weight excluding hydrogens is 265 g/mol. The van der Waals surface area contributed by atoms with E-state index in [1.165, 1.54) is 12.3 Å². The van der Waals surface area contributed by atoms with Crippen molar-refractivity contribution in [3.05, 3.63) is 35.1 Å². The van der Waals surface area contributed by atoms with E-state index in [2.05, 4.69) is 5.32 Å². The average Bonchev–Trinajstić information content (AvgIpc) is 2.30. The van der Waals surface area contributed by atoms with Crippen molar-refractivity contribution in [2.75, 3.05) is 18.6 Å². The standard InChI is InChI=1S/C14H22FNO2S/c1-4-16-14(6-5-9-19(3,17)18)12-10-11(2)7-8-13(12)15/h7-8,10,14,16H,4-6,9H2,1-3H3. The van der Waals surface area contributed by atoms with Gasteiger partial charge in [-0.2, -0.15) is 0 Å². The highest BCUT2D eigenvalue weighted by Gasteiger charge is 2.15. The summed E-state index contributed by atoms with van der Waals surface area (Å²) in [5, 5.41) is 3.22. The van der Waals surface area contributed by atoms with E-state index in [0.717, 1.165) is 12.1 Å². The molecule has 1 rings (SSSR count). The van der Waals surface area contributed by atoms with Gasteiger partial charge < -0.3 is 5.32 Å². The van der Waals surface area contributed by atoms with Crippen LogP contribution >= 0.6 is 0 Å². The second kappa shape index (κ2) is 7.01. The van der Waals surface area contributed by atoms with Crippen LogP contribution in [0.25, 0.3) is 0 Å². The summed E-state index contributed by atoms with van der Waals surface area (Å²) >= 11 is 0. The Balaban J connectivity index is 2.79. The molecule has 0 saturated carbocycles. The van der Waals surface area contributed by atoms with E-state index >= 15 is 0 Å². The van der Waals surface area contributed by atoms with Crippen LogP contribution in [0.1, 0.15) is 36.9 Å². The molecule has 0 aliphatic rings. The summed E-state index contributed by atoms with van der Waals surface area (Å²) in [6.07, 6.45) is 2.37. The lowest BCUT2D eigenvalue weighted by Gasteiger charge is -2.19. The summed E-state index contributed by atoms with van der Waals surface area (Å²) in [7, 11) is -2.96. The van der Waals surface area contributed by atoms with E-state index in [0.29, 0.717) is 18.4 Å². The zero-order chi connectivity index (χ0) is 14.5. The molecular formula is C14H22FNO2S. The zero-order valence-electron chi connectivity index (χ0n) is 11.7. The molecule has 0 radical (unpaired) electrons. The third kappa shape index (κ3) is 5.70. The van der Waals surface area contributed by atoms with Crippen molar-refractivity contribution in [3.8, 4) is 0 Å². The minimum absolute atomic E-state index is 0.133. The summed E-state index contributed by atoms with van der Waals surface area (Å²) in [6.45, 7) is 4.59. The number of sulfone groups is 1. The van der Waals surface area contributed by atoms with Crippen LogP contribution in [0.15, 0.2) is 18.2 Å². The highest BCUT2D eigenvalue weighted by molar-refractivity contribution is 7.90. The van der Waals surface area contributed by atoms with Crippen LogP contribution in [0.2, 0.25) is 0 Å². The predicted octanol–water partition coefficient (Wildman–Crippen LogP) is 2.61. The molecule has 1 N–H and O–H groups in total. The van der Waals surface area contributed by atoms with Gasteiger partial charge in [0.1, 0.15) is 15.7 Å². The molecule has 0 heterocycles. The Morgan fingerprint density at radius 1 is 1.37 bits per heavy atom. The van der Waals surface area contributed by atoms with Gasteiger partial charge in [-0.1, -0.05) is 24.6 Å². The van der Waals surface area contributed by atoms with Crippen LogP contribution in [0.4, 0.5) is 4.39 Å². The third-order valence-electron chi connectivity index (χ3n) is 2.99. The van der Waals surface area contributed by atoms with Gasteiger partial charge >= 0.3 is 0 Å². The van der Waals surface area contributed by atoms with Gasteiger partial charge in [-0.25, -0.2) is 12.8 Å². The molecule has 0 aliphatic heterocycles. The Hall–Kier alpha value is -0.940. The Morgan fingerprint density at radius 2 is 2.05 bits per heavy atom. The monoisotopic (exact) mass is 287 g/mol. The Kier molecular flexibility index (Phi) is 5.94. The van der Waals surface area contributed by atoms with Gasteiger partial charge in [0.05, 0.1) is 0 Å². The van der Waals surface area contributed by atoms with Crippen molar-refractivity contribution < 1.29 is 12.8 Å². The minimum atomic E-state index is -2.96. The number of nitrogens with one attached hydrogen (secondary N) is 1. The Bertz CT molecular complexity index is 514. The molecule has 1 aromatic carbocycles. The van der Waals surface area contributed by atoms with Gasteiger partial charge in [-0.3, -0.25) is 0 Å². The van der Waals surface area contributed by atoms with Crippen LogP contribution in [0.3, 0.4) is 0 Å². The van der Waals surface area contributed by atoms with Crippen LogP contribution in [-0.2, 0) is 9.84 Å². The van der Waals surface area contributed by atoms with Crippen molar-refractivity contribution in [1.82, 2.24) is 5.32 Å². The van der Waals surface area contributed by atoms with E-state index in [4.69, 9.17) is 0 Å². The van der Waals surface area contributed by atoms with E-state index in [1.54, 1.807) is 6.07 Å². The fourth-order valence-corrected chi connectivity index (χ4v) is 2.78.